The van der Waals surface area contributed by atoms with Crippen molar-refractivity contribution in [3.63, 3.8) is 0 Å². The monoisotopic (exact) mass is 261 g/mol. The number of amides is 1. The molecule has 0 atom stereocenters. The largest absolute Gasteiger partial charge is 0.340 e. The van der Waals surface area contributed by atoms with Crippen LogP contribution in [0.4, 0.5) is 8.78 Å². The molecule has 2 aliphatic rings. The highest BCUT2D eigenvalue weighted by molar-refractivity contribution is 5.76. The van der Waals surface area contributed by atoms with Gasteiger partial charge in [0, 0.05) is 45.2 Å². The third-order valence-electron chi connectivity index (χ3n) is 3.52. The number of piperazine rings is 1. The number of rotatable bonds is 6. The van der Waals surface area contributed by atoms with Gasteiger partial charge in [-0.1, -0.05) is 0 Å². The Morgan fingerprint density at radius 1 is 1.33 bits per heavy atom. The molecule has 1 aliphatic carbocycles. The molecule has 1 heterocycles. The number of alkyl halides is 2. The lowest BCUT2D eigenvalue weighted by molar-refractivity contribution is -0.132. The number of halogens is 2. The summed E-state index contributed by atoms with van der Waals surface area (Å²) in [6.45, 7) is 3.40. The molecular formula is C12H21F2N3O. The highest BCUT2D eigenvalue weighted by Gasteiger charge is 2.31. The third kappa shape index (κ3) is 4.17. The first-order valence-electron chi connectivity index (χ1n) is 6.67. The van der Waals surface area contributed by atoms with Gasteiger partial charge in [0.15, 0.2) is 0 Å². The van der Waals surface area contributed by atoms with Crippen LogP contribution < -0.4 is 5.32 Å². The molecule has 4 nitrogen and oxygen atoms in total. The van der Waals surface area contributed by atoms with E-state index in [1.807, 2.05) is 4.90 Å². The molecule has 0 bridgehead atoms. The minimum absolute atomic E-state index is 0.0939. The van der Waals surface area contributed by atoms with E-state index < -0.39 is 6.43 Å². The summed E-state index contributed by atoms with van der Waals surface area (Å²) >= 11 is 0. The Morgan fingerprint density at radius 3 is 2.56 bits per heavy atom. The van der Waals surface area contributed by atoms with Gasteiger partial charge in [0.2, 0.25) is 5.91 Å². The van der Waals surface area contributed by atoms with Crippen molar-refractivity contribution in [2.75, 3.05) is 39.3 Å². The fraction of sp³-hybridized carbons (Fsp3) is 0.917. The summed E-state index contributed by atoms with van der Waals surface area (Å²) in [5.41, 5.74) is 0. The van der Waals surface area contributed by atoms with Crippen LogP contribution >= 0.6 is 0 Å². The predicted molar refractivity (Wildman–Crippen MR) is 64.7 cm³/mol. The van der Waals surface area contributed by atoms with Crippen molar-refractivity contribution < 1.29 is 13.6 Å². The van der Waals surface area contributed by atoms with E-state index >= 15 is 0 Å². The molecule has 1 saturated heterocycles. The van der Waals surface area contributed by atoms with E-state index in [0.717, 1.165) is 39.0 Å². The molecule has 0 aromatic carbocycles. The van der Waals surface area contributed by atoms with Crippen LogP contribution in [0.2, 0.25) is 0 Å². The second-order valence-corrected chi connectivity index (χ2v) is 5.00. The maximum absolute atomic E-state index is 12.4. The SMILES string of the molecule is O=C(CCN(CC(F)F)C1CC1)N1CCNCC1. The second-order valence-electron chi connectivity index (χ2n) is 5.00. The predicted octanol–water partition coefficient (Wildman–Crippen LogP) is 0.538. The molecule has 0 spiro atoms. The molecule has 1 amide bonds. The number of hydrogen-bond acceptors (Lipinski definition) is 3. The normalized spacial score (nSPS) is 20.8. The van der Waals surface area contributed by atoms with Gasteiger partial charge in [0.25, 0.3) is 6.43 Å². The molecule has 6 heteroatoms. The highest BCUT2D eigenvalue weighted by Crippen LogP contribution is 2.27. The molecule has 0 aromatic heterocycles. The first-order chi connectivity index (χ1) is 8.66. The fourth-order valence-corrected chi connectivity index (χ4v) is 2.35. The summed E-state index contributed by atoms with van der Waals surface area (Å²) in [6, 6.07) is 0.287. The Balaban J connectivity index is 1.72. The van der Waals surface area contributed by atoms with Gasteiger partial charge in [-0.25, -0.2) is 8.78 Å². The Hall–Kier alpha value is -0.750. The van der Waals surface area contributed by atoms with E-state index in [9.17, 15) is 13.6 Å². The van der Waals surface area contributed by atoms with Gasteiger partial charge in [-0.15, -0.1) is 0 Å². The molecule has 0 aromatic rings. The molecule has 2 rings (SSSR count). The van der Waals surface area contributed by atoms with Crippen LogP contribution in [0, 0.1) is 0 Å². The van der Waals surface area contributed by atoms with Gasteiger partial charge in [-0.2, -0.15) is 0 Å². The van der Waals surface area contributed by atoms with Crippen molar-refractivity contribution >= 4 is 5.91 Å². The molecule has 1 aliphatic heterocycles. The van der Waals surface area contributed by atoms with E-state index in [0.29, 0.717) is 13.0 Å². The Labute approximate surface area is 106 Å². The zero-order valence-electron chi connectivity index (χ0n) is 10.6. The maximum Gasteiger partial charge on any atom is 0.251 e. The van der Waals surface area contributed by atoms with Gasteiger partial charge >= 0.3 is 0 Å². The lowest BCUT2D eigenvalue weighted by atomic mass is 10.3. The minimum Gasteiger partial charge on any atom is -0.340 e. The molecule has 1 N–H and O–H groups in total. The minimum atomic E-state index is -2.31. The molecular weight excluding hydrogens is 240 g/mol. The average molecular weight is 261 g/mol. The van der Waals surface area contributed by atoms with Crippen LogP contribution in [0.3, 0.4) is 0 Å². The maximum atomic E-state index is 12.4. The second kappa shape index (κ2) is 6.43. The zero-order chi connectivity index (χ0) is 13.0. The van der Waals surface area contributed by atoms with Crippen LogP contribution in [-0.2, 0) is 4.79 Å². The Bertz CT molecular complexity index is 278. The van der Waals surface area contributed by atoms with Crippen molar-refractivity contribution in [2.45, 2.75) is 31.7 Å². The molecule has 2 fully saturated rings. The van der Waals surface area contributed by atoms with Gasteiger partial charge < -0.3 is 10.2 Å². The molecule has 0 unspecified atom stereocenters. The highest BCUT2D eigenvalue weighted by atomic mass is 19.3. The van der Waals surface area contributed by atoms with Crippen LogP contribution in [-0.4, -0.2) is 67.4 Å². The third-order valence-corrected chi connectivity index (χ3v) is 3.52. The van der Waals surface area contributed by atoms with Gasteiger partial charge in [-0.3, -0.25) is 9.69 Å². The fourth-order valence-electron chi connectivity index (χ4n) is 2.35. The smallest absolute Gasteiger partial charge is 0.251 e. The first kappa shape index (κ1) is 13.7. The number of carbonyl (C=O) groups is 1. The quantitative estimate of drug-likeness (QED) is 0.758. The van der Waals surface area contributed by atoms with Crippen molar-refractivity contribution in [3.8, 4) is 0 Å². The Kier molecular flexibility index (Phi) is 4.88. The van der Waals surface area contributed by atoms with Gasteiger partial charge in [-0.05, 0) is 12.8 Å². The van der Waals surface area contributed by atoms with Crippen LogP contribution in [0.5, 0.6) is 0 Å². The van der Waals surface area contributed by atoms with E-state index in [2.05, 4.69) is 5.32 Å². The van der Waals surface area contributed by atoms with Crippen molar-refractivity contribution in [1.29, 1.82) is 0 Å². The molecule has 0 radical (unpaired) electrons. The van der Waals surface area contributed by atoms with Crippen molar-refractivity contribution in [1.82, 2.24) is 15.1 Å². The first-order valence-corrected chi connectivity index (χ1v) is 6.67. The van der Waals surface area contributed by atoms with E-state index in [1.165, 1.54) is 0 Å². The van der Waals surface area contributed by atoms with E-state index in [-0.39, 0.29) is 18.5 Å². The summed E-state index contributed by atoms with van der Waals surface area (Å²) < 4.78 is 24.8. The van der Waals surface area contributed by atoms with Gasteiger partial charge in [0.05, 0.1) is 6.54 Å². The Morgan fingerprint density at radius 2 is 2.00 bits per heavy atom. The van der Waals surface area contributed by atoms with Gasteiger partial charge in [0.1, 0.15) is 0 Å². The molecule has 1 saturated carbocycles. The van der Waals surface area contributed by atoms with E-state index in [4.69, 9.17) is 0 Å². The average Bonchev–Trinajstić information content (AvgIpc) is 3.19. The van der Waals surface area contributed by atoms with Crippen molar-refractivity contribution in [2.24, 2.45) is 0 Å². The van der Waals surface area contributed by atoms with Crippen LogP contribution in [0.25, 0.3) is 0 Å². The standard InChI is InChI=1S/C12H21F2N3O/c13-11(14)9-17(10-1-2-10)6-3-12(18)16-7-4-15-5-8-16/h10-11,15H,1-9H2. The summed E-state index contributed by atoms with van der Waals surface area (Å²) in [6.07, 6.45) is 0.0478. The van der Waals surface area contributed by atoms with Crippen molar-refractivity contribution in [3.05, 3.63) is 0 Å². The number of hydrogen-bond donors (Lipinski definition) is 1. The summed E-state index contributed by atoms with van der Waals surface area (Å²) in [7, 11) is 0. The lowest BCUT2D eigenvalue weighted by Crippen LogP contribution is -2.47. The van der Waals surface area contributed by atoms with Crippen LogP contribution in [0.15, 0.2) is 0 Å². The molecule has 18 heavy (non-hydrogen) atoms. The number of nitrogens with one attached hydrogen (secondary N) is 1. The van der Waals surface area contributed by atoms with Crippen LogP contribution in [0.1, 0.15) is 19.3 Å². The molecule has 104 valence electrons. The topological polar surface area (TPSA) is 35.6 Å². The zero-order valence-corrected chi connectivity index (χ0v) is 10.6. The summed E-state index contributed by atoms with van der Waals surface area (Å²) in [5, 5.41) is 3.19. The lowest BCUT2D eigenvalue weighted by Gasteiger charge is -2.29. The summed E-state index contributed by atoms with van der Waals surface area (Å²) in [4.78, 5) is 15.5. The van der Waals surface area contributed by atoms with E-state index in [1.54, 1.807) is 4.90 Å². The summed E-state index contributed by atoms with van der Waals surface area (Å²) in [5.74, 6) is 0.0939. The number of carbonyl (C=O) groups excluding carboxylic acids is 1. The number of nitrogens with zero attached hydrogens (tertiary/aromatic N) is 2.